The smallest absolute Gasteiger partial charge is 0.255 e. The summed E-state index contributed by atoms with van der Waals surface area (Å²) in [6.07, 6.45) is 3.94. The fourth-order valence-electron chi connectivity index (χ4n) is 1.70. The minimum atomic E-state index is -0.337. The van der Waals surface area contributed by atoms with Crippen molar-refractivity contribution in [3.63, 3.8) is 0 Å². The van der Waals surface area contributed by atoms with Gasteiger partial charge < -0.3 is 20.1 Å². The minimum absolute atomic E-state index is 0.149. The molecule has 1 amide bonds. The molecule has 100 valence electrons. The Kier molecular flexibility index (Phi) is 4.02. The zero-order valence-corrected chi connectivity index (χ0v) is 10.5. The number of benzene rings is 1. The summed E-state index contributed by atoms with van der Waals surface area (Å²) in [6.45, 7) is 0.456. The number of imidazole rings is 1. The number of hydrogen-bond donors (Lipinski definition) is 3. The van der Waals surface area contributed by atoms with Gasteiger partial charge in [0.05, 0.1) is 19.0 Å². The normalized spacial score (nSPS) is 10.2. The van der Waals surface area contributed by atoms with Gasteiger partial charge in [-0.2, -0.15) is 0 Å². The first-order chi connectivity index (χ1) is 9.22. The monoisotopic (exact) mass is 261 g/mol. The number of nitrogens with zero attached hydrogens (tertiary/aromatic N) is 1. The minimum Gasteiger partial charge on any atom is -0.504 e. The number of methoxy groups -OCH3 is 1. The zero-order chi connectivity index (χ0) is 13.7. The Morgan fingerprint density at radius 1 is 1.53 bits per heavy atom. The van der Waals surface area contributed by atoms with Crippen molar-refractivity contribution in [3.8, 4) is 11.5 Å². The number of hydrogen-bond acceptors (Lipinski definition) is 4. The Morgan fingerprint density at radius 2 is 2.37 bits per heavy atom. The third-order valence-electron chi connectivity index (χ3n) is 2.70. The van der Waals surface area contributed by atoms with Crippen LogP contribution in [0.15, 0.2) is 30.7 Å². The van der Waals surface area contributed by atoms with Crippen LogP contribution in [-0.2, 0) is 6.42 Å². The van der Waals surface area contributed by atoms with Gasteiger partial charge in [-0.25, -0.2) is 4.98 Å². The second-order valence-electron chi connectivity index (χ2n) is 3.94. The summed E-state index contributed by atoms with van der Waals surface area (Å²) in [5.74, 6) is -0.207. The molecular weight excluding hydrogens is 246 g/mol. The van der Waals surface area contributed by atoms with Crippen LogP contribution in [0.25, 0.3) is 0 Å². The molecule has 0 unspecified atom stereocenters. The summed E-state index contributed by atoms with van der Waals surface area (Å²) >= 11 is 0. The van der Waals surface area contributed by atoms with Gasteiger partial charge in [-0.15, -0.1) is 0 Å². The van der Waals surface area contributed by atoms with Crippen LogP contribution >= 0.6 is 0 Å². The highest BCUT2D eigenvalue weighted by Gasteiger charge is 2.14. The number of aromatic amines is 1. The molecule has 6 nitrogen and oxygen atoms in total. The van der Waals surface area contributed by atoms with Gasteiger partial charge in [0.2, 0.25) is 0 Å². The first-order valence-electron chi connectivity index (χ1n) is 5.83. The van der Waals surface area contributed by atoms with E-state index in [9.17, 15) is 9.90 Å². The van der Waals surface area contributed by atoms with E-state index in [1.807, 2.05) is 0 Å². The third kappa shape index (κ3) is 3.04. The lowest BCUT2D eigenvalue weighted by Crippen LogP contribution is -2.25. The predicted octanol–water partition coefficient (Wildman–Crippen LogP) is 1.10. The molecule has 0 spiro atoms. The molecule has 0 fully saturated rings. The Labute approximate surface area is 110 Å². The van der Waals surface area contributed by atoms with Crippen LogP contribution in [0.4, 0.5) is 0 Å². The Hall–Kier alpha value is -2.50. The van der Waals surface area contributed by atoms with Crippen molar-refractivity contribution in [3.05, 3.63) is 42.0 Å². The van der Waals surface area contributed by atoms with Gasteiger partial charge in [0.1, 0.15) is 0 Å². The van der Waals surface area contributed by atoms with Gasteiger partial charge in [0.15, 0.2) is 11.5 Å². The standard InChI is InChI=1S/C13H15N3O3/c1-19-11-4-2-3-10(12(11)17)13(18)15-6-5-9-7-14-8-16-9/h2-4,7-8,17H,5-6H2,1H3,(H,14,16)(H,15,18). The van der Waals surface area contributed by atoms with Crippen molar-refractivity contribution in [2.75, 3.05) is 13.7 Å². The van der Waals surface area contributed by atoms with Gasteiger partial charge in [-0.3, -0.25) is 4.79 Å². The number of nitrogens with one attached hydrogen (secondary N) is 2. The summed E-state index contributed by atoms with van der Waals surface area (Å²) in [5.41, 5.74) is 1.14. The summed E-state index contributed by atoms with van der Waals surface area (Å²) in [6, 6.07) is 4.79. The molecule has 1 aromatic carbocycles. The highest BCUT2D eigenvalue weighted by atomic mass is 16.5. The van der Waals surface area contributed by atoms with Gasteiger partial charge in [-0.1, -0.05) is 6.07 Å². The maximum Gasteiger partial charge on any atom is 0.255 e. The molecule has 0 saturated heterocycles. The lowest BCUT2D eigenvalue weighted by atomic mass is 10.1. The van der Waals surface area contributed by atoms with Crippen molar-refractivity contribution in [2.24, 2.45) is 0 Å². The fourth-order valence-corrected chi connectivity index (χ4v) is 1.70. The van der Waals surface area contributed by atoms with Crippen LogP contribution in [0, 0.1) is 0 Å². The van der Waals surface area contributed by atoms with Crippen molar-refractivity contribution in [1.29, 1.82) is 0 Å². The van der Waals surface area contributed by atoms with Crippen molar-refractivity contribution < 1.29 is 14.6 Å². The molecule has 0 atom stereocenters. The number of phenols is 1. The van der Waals surface area contributed by atoms with Crippen LogP contribution in [0.2, 0.25) is 0 Å². The van der Waals surface area contributed by atoms with E-state index in [2.05, 4.69) is 15.3 Å². The van der Waals surface area contributed by atoms with Crippen molar-refractivity contribution in [2.45, 2.75) is 6.42 Å². The predicted molar refractivity (Wildman–Crippen MR) is 69.3 cm³/mol. The second kappa shape index (κ2) is 5.90. The number of carbonyl (C=O) groups excluding carboxylic acids is 1. The summed E-state index contributed by atoms with van der Waals surface area (Å²) in [5, 5.41) is 12.6. The second-order valence-corrected chi connectivity index (χ2v) is 3.94. The lowest BCUT2D eigenvalue weighted by molar-refractivity contribution is 0.0951. The highest BCUT2D eigenvalue weighted by molar-refractivity contribution is 5.97. The van der Waals surface area contributed by atoms with E-state index in [-0.39, 0.29) is 23.0 Å². The topological polar surface area (TPSA) is 87.2 Å². The van der Waals surface area contributed by atoms with Gasteiger partial charge in [0.25, 0.3) is 5.91 Å². The SMILES string of the molecule is COc1cccc(C(=O)NCCc2cnc[nH]2)c1O. The van der Waals surface area contributed by atoms with Crippen LogP contribution in [-0.4, -0.2) is 34.6 Å². The molecule has 1 heterocycles. The molecule has 1 aromatic heterocycles. The van der Waals surface area contributed by atoms with Crippen molar-refractivity contribution >= 4 is 5.91 Å². The highest BCUT2D eigenvalue weighted by Crippen LogP contribution is 2.29. The summed E-state index contributed by atoms with van der Waals surface area (Å²) < 4.78 is 4.96. The Morgan fingerprint density at radius 3 is 3.05 bits per heavy atom. The number of aromatic nitrogens is 2. The zero-order valence-electron chi connectivity index (χ0n) is 10.5. The number of amides is 1. The van der Waals surface area contributed by atoms with Crippen LogP contribution in [0.3, 0.4) is 0 Å². The molecule has 0 saturated carbocycles. The molecular formula is C13H15N3O3. The molecule has 6 heteroatoms. The molecule has 0 aliphatic rings. The number of phenolic OH excluding ortho intramolecular Hbond substituents is 1. The number of carbonyl (C=O) groups is 1. The fraction of sp³-hybridized carbons (Fsp3) is 0.231. The summed E-state index contributed by atoms with van der Waals surface area (Å²) in [7, 11) is 1.44. The van der Waals surface area contributed by atoms with Crippen LogP contribution in [0.5, 0.6) is 11.5 Å². The molecule has 3 N–H and O–H groups in total. The average molecular weight is 261 g/mol. The quantitative estimate of drug-likeness (QED) is 0.752. The van der Waals surface area contributed by atoms with E-state index >= 15 is 0 Å². The Bertz CT molecular complexity index is 552. The van der Waals surface area contributed by atoms with E-state index in [1.165, 1.54) is 7.11 Å². The Balaban J connectivity index is 1.96. The maximum atomic E-state index is 11.9. The molecule has 0 bridgehead atoms. The molecule has 2 rings (SSSR count). The van der Waals surface area contributed by atoms with Gasteiger partial charge in [0, 0.05) is 24.9 Å². The van der Waals surface area contributed by atoms with E-state index in [1.54, 1.807) is 30.7 Å². The van der Waals surface area contributed by atoms with Crippen LogP contribution in [0.1, 0.15) is 16.1 Å². The molecule has 0 aliphatic heterocycles. The van der Waals surface area contributed by atoms with E-state index in [0.29, 0.717) is 13.0 Å². The molecule has 2 aromatic rings. The lowest BCUT2D eigenvalue weighted by Gasteiger charge is -2.09. The van der Waals surface area contributed by atoms with Gasteiger partial charge in [-0.05, 0) is 12.1 Å². The first-order valence-corrected chi connectivity index (χ1v) is 5.83. The molecule has 0 radical (unpaired) electrons. The van der Waals surface area contributed by atoms with Crippen LogP contribution < -0.4 is 10.1 Å². The number of rotatable bonds is 5. The number of H-pyrrole nitrogens is 1. The first kappa shape index (κ1) is 12.9. The molecule has 0 aliphatic carbocycles. The third-order valence-corrected chi connectivity index (χ3v) is 2.70. The van der Waals surface area contributed by atoms with Gasteiger partial charge >= 0.3 is 0 Å². The van der Waals surface area contributed by atoms with E-state index < -0.39 is 0 Å². The largest absolute Gasteiger partial charge is 0.504 e. The number of ether oxygens (including phenoxy) is 1. The van der Waals surface area contributed by atoms with E-state index in [4.69, 9.17) is 4.74 Å². The van der Waals surface area contributed by atoms with E-state index in [0.717, 1.165) is 5.69 Å². The molecule has 19 heavy (non-hydrogen) atoms. The number of para-hydroxylation sites is 1. The number of aromatic hydroxyl groups is 1. The maximum absolute atomic E-state index is 11.9. The van der Waals surface area contributed by atoms with Crippen molar-refractivity contribution in [1.82, 2.24) is 15.3 Å². The average Bonchev–Trinajstić information content (AvgIpc) is 2.92. The summed E-state index contributed by atoms with van der Waals surface area (Å²) in [4.78, 5) is 18.7.